The van der Waals surface area contributed by atoms with Crippen LogP contribution in [0.3, 0.4) is 0 Å². The molecule has 1 N–H and O–H groups in total. The number of hydrogen-bond acceptors (Lipinski definition) is 4. The van der Waals surface area contributed by atoms with Crippen molar-refractivity contribution in [1.29, 1.82) is 0 Å². The van der Waals surface area contributed by atoms with E-state index in [-0.39, 0.29) is 17.6 Å². The van der Waals surface area contributed by atoms with E-state index in [0.717, 1.165) is 12.0 Å². The number of nitrogens with zero attached hydrogens (tertiary/aromatic N) is 3. The molecule has 176 valence electrons. The first-order chi connectivity index (χ1) is 15.5. The van der Waals surface area contributed by atoms with Crippen molar-refractivity contribution < 1.29 is 37.1 Å². The normalized spacial score (nSPS) is 20.1. The van der Waals surface area contributed by atoms with Gasteiger partial charge in [-0.1, -0.05) is 18.2 Å². The van der Waals surface area contributed by atoms with Gasteiger partial charge >= 0.3 is 12.1 Å². The van der Waals surface area contributed by atoms with Gasteiger partial charge in [-0.25, -0.2) is 9.18 Å². The van der Waals surface area contributed by atoms with Gasteiger partial charge in [-0.3, -0.25) is 14.6 Å². The van der Waals surface area contributed by atoms with E-state index in [1.54, 1.807) is 40.3 Å². The number of carbonyl (C=O) groups is 3. The lowest BCUT2D eigenvalue weighted by Gasteiger charge is -2.23. The molecular weight excluding hydrogens is 446 g/mol. The molecule has 1 aromatic heterocycles. The van der Waals surface area contributed by atoms with E-state index in [1.807, 2.05) is 6.07 Å². The smallest absolute Gasteiger partial charge is 0.475 e. The van der Waals surface area contributed by atoms with Crippen LogP contribution in [0.15, 0.2) is 48.7 Å². The minimum Gasteiger partial charge on any atom is -0.475 e. The predicted molar refractivity (Wildman–Crippen MR) is 107 cm³/mol. The monoisotopic (exact) mass is 467 g/mol. The third kappa shape index (κ3) is 5.65. The number of carboxylic acids is 1. The molecule has 2 amide bonds. The number of alkyl halides is 3. The number of amides is 2. The quantitative estimate of drug-likeness (QED) is 0.701. The van der Waals surface area contributed by atoms with Gasteiger partial charge in [0.1, 0.15) is 11.5 Å². The number of likely N-dealkylation sites (tertiary alicyclic amines) is 2. The number of benzene rings is 1. The van der Waals surface area contributed by atoms with Crippen molar-refractivity contribution >= 4 is 17.8 Å². The third-order valence-electron chi connectivity index (χ3n) is 5.63. The van der Waals surface area contributed by atoms with Crippen molar-refractivity contribution in [2.45, 2.75) is 25.6 Å². The van der Waals surface area contributed by atoms with E-state index >= 15 is 0 Å². The molecule has 3 heterocycles. The van der Waals surface area contributed by atoms with Gasteiger partial charge in [-0.2, -0.15) is 13.2 Å². The summed E-state index contributed by atoms with van der Waals surface area (Å²) >= 11 is 0. The molecular formula is C22H21F4N3O4. The summed E-state index contributed by atoms with van der Waals surface area (Å²) in [7, 11) is 0. The summed E-state index contributed by atoms with van der Waals surface area (Å²) in [6, 6.07) is 11.6. The SMILES string of the molecule is O=C(O)C(F)(F)F.O=C(c1ccccn1)N1CCC2(CCN(Cc3cccc(F)c3)C2=O)C1. The lowest BCUT2D eigenvalue weighted by atomic mass is 9.85. The zero-order chi connectivity index (χ0) is 24.2. The molecule has 1 spiro atoms. The number of aromatic nitrogens is 1. The standard InChI is InChI=1S/C20H20FN3O2.C2HF3O2/c21-16-5-3-4-15(12-16)13-23-10-7-20(19(23)26)8-11-24(14-20)18(25)17-6-1-2-9-22-17;3-2(4,5)1(6)7/h1-6,9,12H,7-8,10-11,13-14H2;(H,6,7). The second kappa shape index (κ2) is 9.55. The highest BCUT2D eigenvalue weighted by molar-refractivity contribution is 5.94. The average Bonchev–Trinajstić information content (AvgIpc) is 3.33. The second-order valence-electron chi connectivity index (χ2n) is 7.88. The van der Waals surface area contributed by atoms with Gasteiger partial charge in [0.15, 0.2) is 0 Å². The number of hydrogen-bond donors (Lipinski definition) is 1. The molecule has 2 aliphatic heterocycles. The number of carboxylic acid groups (broad SMARTS) is 1. The van der Waals surface area contributed by atoms with E-state index < -0.39 is 17.6 Å². The Morgan fingerprint density at radius 1 is 1.09 bits per heavy atom. The maximum absolute atomic E-state index is 13.4. The van der Waals surface area contributed by atoms with E-state index in [4.69, 9.17) is 9.90 Å². The van der Waals surface area contributed by atoms with Crippen LogP contribution >= 0.6 is 0 Å². The molecule has 7 nitrogen and oxygen atoms in total. The minimum absolute atomic E-state index is 0.0677. The Labute approximate surface area is 186 Å². The summed E-state index contributed by atoms with van der Waals surface area (Å²) in [6.45, 7) is 2.04. The second-order valence-corrected chi connectivity index (χ2v) is 7.88. The summed E-state index contributed by atoms with van der Waals surface area (Å²) in [5.74, 6) is -3.11. The zero-order valence-electron chi connectivity index (χ0n) is 17.4. The molecule has 1 aromatic carbocycles. The van der Waals surface area contributed by atoms with Crippen LogP contribution in [0.2, 0.25) is 0 Å². The fraction of sp³-hybridized carbons (Fsp3) is 0.364. The number of pyridine rings is 1. The minimum atomic E-state index is -5.08. The average molecular weight is 467 g/mol. The topological polar surface area (TPSA) is 90.8 Å². The molecule has 33 heavy (non-hydrogen) atoms. The van der Waals surface area contributed by atoms with Crippen LogP contribution in [0.1, 0.15) is 28.9 Å². The van der Waals surface area contributed by atoms with Gasteiger partial charge in [-0.15, -0.1) is 0 Å². The van der Waals surface area contributed by atoms with Crippen molar-refractivity contribution in [3.63, 3.8) is 0 Å². The Hall–Kier alpha value is -3.50. The largest absolute Gasteiger partial charge is 0.490 e. The molecule has 1 unspecified atom stereocenters. The third-order valence-corrected chi connectivity index (χ3v) is 5.63. The fourth-order valence-electron chi connectivity index (χ4n) is 3.98. The van der Waals surface area contributed by atoms with E-state index in [9.17, 15) is 27.2 Å². The highest BCUT2D eigenvalue weighted by Gasteiger charge is 2.51. The molecule has 2 fully saturated rings. The fourth-order valence-corrected chi connectivity index (χ4v) is 3.98. The van der Waals surface area contributed by atoms with Crippen molar-refractivity contribution in [3.05, 3.63) is 65.7 Å². The molecule has 2 saturated heterocycles. The van der Waals surface area contributed by atoms with Gasteiger partial charge in [0, 0.05) is 32.4 Å². The lowest BCUT2D eigenvalue weighted by Crippen LogP contribution is -2.38. The molecule has 2 aliphatic rings. The number of rotatable bonds is 3. The van der Waals surface area contributed by atoms with E-state index in [1.165, 1.54) is 12.1 Å². The maximum Gasteiger partial charge on any atom is 0.490 e. The molecule has 11 heteroatoms. The maximum atomic E-state index is 13.4. The molecule has 0 radical (unpaired) electrons. The number of carbonyl (C=O) groups excluding carboxylic acids is 2. The van der Waals surface area contributed by atoms with Gasteiger partial charge in [0.25, 0.3) is 5.91 Å². The summed E-state index contributed by atoms with van der Waals surface area (Å²) in [5.41, 5.74) is 0.694. The van der Waals surface area contributed by atoms with Crippen molar-refractivity contribution in [2.24, 2.45) is 5.41 Å². The molecule has 2 aromatic rings. The highest BCUT2D eigenvalue weighted by Crippen LogP contribution is 2.41. The van der Waals surface area contributed by atoms with E-state index in [0.29, 0.717) is 38.3 Å². The molecule has 1 atom stereocenters. The number of halogens is 4. The van der Waals surface area contributed by atoms with Crippen molar-refractivity contribution in [1.82, 2.24) is 14.8 Å². The van der Waals surface area contributed by atoms with Crippen LogP contribution < -0.4 is 0 Å². The van der Waals surface area contributed by atoms with Crippen LogP contribution in [0.5, 0.6) is 0 Å². The van der Waals surface area contributed by atoms with Crippen molar-refractivity contribution in [3.8, 4) is 0 Å². The van der Waals surface area contributed by atoms with Crippen LogP contribution in [-0.4, -0.2) is 63.5 Å². The Morgan fingerprint density at radius 3 is 2.39 bits per heavy atom. The Balaban J connectivity index is 0.000000383. The first-order valence-electron chi connectivity index (χ1n) is 10.1. The predicted octanol–water partition coefficient (Wildman–Crippen LogP) is 3.12. The van der Waals surface area contributed by atoms with Crippen LogP contribution in [0, 0.1) is 11.2 Å². The molecule has 0 saturated carbocycles. The molecule has 0 bridgehead atoms. The summed E-state index contributed by atoms with van der Waals surface area (Å²) in [6.07, 6.45) is -2.09. The Bertz CT molecular complexity index is 1030. The summed E-state index contributed by atoms with van der Waals surface area (Å²) in [4.78, 5) is 42.1. The van der Waals surface area contributed by atoms with Gasteiger partial charge in [0.05, 0.1) is 5.41 Å². The van der Waals surface area contributed by atoms with Crippen molar-refractivity contribution in [2.75, 3.05) is 19.6 Å². The number of aliphatic carboxylic acids is 1. The zero-order valence-corrected chi connectivity index (χ0v) is 17.4. The van der Waals surface area contributed by atoms with Crippen LogP contribution in [-0.2, 0) is 16.1 Å². The molecule has 0 aliphatic carbocycles. The van der Waals surface area contributed by atoms with Gasteiger partial charge in [-0.05, 0) is 42.7 Å². The van der Waals surface area contributed by atoms with Crippen LogP contribution in [0.25, 0.3) is 0 Å². The highest BCUT2D eigenvalue weighted by atomic mass is 19.4. The Kier molecular flexibility index (Phi) is 6.99. The Morgan fingerprint density at radius 2 is 1.79 bits per heavy atom. The van der Waals surface area contributed by atoms with E-state index in [2.05, 4.69) is 4.98 Å². The summed E-state index contributed by atoms with van der Waals surface area (Å²) in [5, 5.41) is 7.12. The molecule has 4 rings (SSSR count). The van der Waals surface area contributed by atoms with Gasteiger partial charge < -0.3 is 14.9 Å². The van der Waals surface area contributed by atoms with Crippen LogP contribution in [0.4, 0.5) is 17.6 Å². The van der Waals surface area contributed by atoms with Gasteiger partial charge in [0.2, 0.25) is 5.91 Å². The first-order valence-corrected chi connectivity index (χ1v) is 10.1. The first kappa shape index (κ1) is 24.1. The lowest BCUT2D eigenvalue weighted by molar-refractivity contribution is -0.192. The summed E-state index contributed by atoms with van der Waals surface area (Å²) < 4.78 is 45.1.